The summed E-state index contributed by atoms with van der Waals surface area (Å²) < 4.78 is 15.7. The summed E-state index contributed by atoms with van der Waals surface area (Å²) in [7, 11) is 1.58. The number of ether oxygens (including phenoxy) is 3. The van der Waals surface area contributed by atoms with Crippen molar-refractivity contribution in [2.75, 3.05) is 20.3 Å². The Morgan fingerprint density at radius 2 is 1.38 bits per heavy atom. The average Bonchev–Trinajstić information content (AvgIpc) is 2.68. The Morgan fingerprint density at radius 3 is 1.77 bits per heavy atom. The second kappa shape index (κ2) is 11.3. The van der Waals surface area contributed by atoms with E-state index in [9.17, 15) is 9.59 Å². The lowest BCUT2D eigenvalue weighted by Crippen LogP contribution is -2.22. The largest absolute Gasteiger partial charge is 0.497 e. The van der Waals surface area contributed by atoms with Crippen molar-refractivity contribution in [1.82, 2.24) is 0 Å². The summed E-state index contributed by atoms with van der Waals surface area (Å²) in [6, 6.07) is 7.06. The summed E-state index contributed by atoms with van der Waals surface area (Å²) in [6.07, 6.45) is 3.28. The minimum atomic E-state index is -0.657. The normalized spacial score (nSPS) is 12.7. The zero-order valence-electron chi connectivity index (χ0n) is 16.4. The van der Waals surface area contributed by atoms with E-state index >= 15 is 0 Å². The quantitative estimate of drug-likeness (QED) is 0.269. The van der Waals surface area contributed by atoms with Gasteiger partial charge in [0.15, 0.2) is 0 Å². The summed E-state index contributed by atoms with van der Waals surface area (Å²) in [5.74, 6) is -0.150. The third kappa shape index (κ3) is 7.30. The molecule has 1 aromatic carbocycles. The molecule has 0 saturated carbocycles. The molecule has 5 heteroatoms. The van der Waals surface area contributed by atoms with E-state index in [-0.39, 0.29) is 30.6 Å². The van der Waals surface area contributed by atoms with Gasteiger partial charge in [-0.2, -0.15) is 0 Å². The fraction of sp³-hybridized carbons (Fsp3) is 0.524. The van der Waals surface area contributed by atoms with E-state index < -0.39 is 11.9 Å². The molecule has 144 valence electrons. The van der Waals surface area contributed by atoms with Crippen LogP contribution in [-0.2, 0) is 19.1 Å². The van der Waals surface area contributed by atoms with Gasteiger partial charge < -0.3 is 14.2 Å². The standard InChI is InChI=1S/C21H30O5/c1-6-15(3)13-25-20(22)19(21(23)26-14-16(4)7-2)12-17-8-10-18(24-5)11-9-17/h8-12,15-16H,6-7,13-14H2,1-5H3. The molecular formula is C21H30O5. The van der Waals surface area contributed by atoms with Crippen LogP contribution in [0.25, 0.3) is 6.08 Å². The number of carbonyl (C=O) groups excluding carboxylic acids is 2. The monoisotopic (exact) mass is 362 g/mol. The van der Waals surface area contributed by atoms with Crippen LogP contribution in [0.5, 0.6) is 5.75 Å². The highest BCUT2D eigenvalue weighted by Crippen LogP contribution is 2.16. The minimum absolute atomic E-state index is 0.0956. The molecule has 5 nitrogen and oxygen atoms in total. The summed E-state index contributed by atoms with van der Waals surface area (Å²) in [5.41, 5.74) is 0.601. The molecule has 0 aliphatic carbocycles. The van der Waals surface area contributed by atoms with Gasteiger partial charge in [0.1, 0.15) is 11.3 Å². The Hall–Kier alpha value is -2.30. The first kappa shape index (κ1) is 21.7. The van der Waals surface area contributed by atoms with Crippen LogP contribution in [0.15, 0.2) is 29.8 Å². The number of esters is 2. The van der Waals surface area contributed by atoms with Gasteiger partial charge in [-0.1, -0.05) is 52.7 Å². The van der Waals surface area contributed by atoms with Crippen LogP contribution < -0.4 is 4.74 Å². The van der Waals surface area contributed by atoms with E-state index in [1.54, 1.807) is 31.4 Å². The van der Waals surface area contributed by atoms with Gasteiger partial charge in [-0.3, -0.25) is 0 Å². The Kier molecular flexibility index (Phi) is 9.48. The number of hydrogen-bond donors (Lipinski definition) is 0. The van der Waals surface area contributed by atoms with Crippen molar-refractivity contribution in [1.29, 1.82) is 0 Å². The molecule has 2 unspecified atom stereocenters. The second-order valence-electron chi connectivity index (χ2n) is 6.55. The summed E-state index contributed by atoms with van der Waals surface area (Å²) in [4.78, 5) is 24.9. The molecule has 0 saturated heterocycles. The molecule has 2 atom stereocenters. The van der Waals surface area contributed by atoms with Crippen molar-refractivity contribution in [2.45, 2.75) is 40.5 Å². The van der Waals surface area contributed by atoms with E-state index in [4.69, 9.17) is 14.2 Å². The molecule has 0 spiro atoms. The van der Waals surface area contributed by atoms with Crippen LogP contribution in [0.2, 0.25) is 0 Å². The Bertz CT molecular complexity index is 575. The van der Waals surface area contributed by atoms with E-state index in [2.05, 4.69) is 0 Å². The number of methoxy groups -OCH3 is 1. The second-order valence-corrected chi connectivity index (χ2v) is 6.55. The predicted octanol–water partition coefficient (Wildman–Crippen LogP) is 4.26. The maximum Gasteiger partial charge on any atom is 0.345 e. The van der Waals surface area contributed by atoms with Gasteiger partial charge in [-0.05, 0) is 35.6 Å². The highest BCUT2D eigenvalue weighted by atomic mass is 16.6. The third-order valence-electron chi connectivity index (χ3n) is 4.26. The number of carbonyl (C=O) groups is 2. The van der Waals surface area contributed by atoms with Crippen molar-refractivity contribution in [2.24, 2.45) is 11.8 Å². The van der Waals surface area contributed by atoms with Crippen molar-refractivity contribution >= 4 is 18.0 Å². The molecule has 0 bridgehead atoms. The molecular weight excluding hydrogens is 332 g/mol. The SMILES string of the molecule is CCC(C)COC(=O)C(=Cc1ccc(OC)cc1)C(=O)OCC(C)CC. The maximum absolute atomic E-state index is 12.4. The molecule has 0 aromatic heterocycles. The molecule has 0 aliphatic rings. The van der Waals surface area contributed by atoms with Crippen molar-refractivity contribution < 1.29 is 23.8 Å². The first-order valence-corrected chi connectivity index (χ1v) is 9.11. The molecule has 0 aliphatic heterocycles. The van der Waals surface area contributed by atoms with Gasteiger partial charge in [0.25, 0.3) is 0 Å². The van der Waals surface area contributed by atoms with E-state index in [0.717, 1.165) is 12.8 Å². The van der Waals surface area contributed by atoms with Gasteiger partial charge in [-0.15, -0.1) is 0 Å². The van der Waals surface area contributed by atoms with Crippen LogP contribution in [0.1, 0.15) is 46.1 Å². The molecule has 0 amide bonds. The van der Waals surface area contributed by atoms with Gasteiger partial charge in [0.05, 0.1) is 20.3 Å². The minimum Gasteiger partial charge on any atom is -0.497 e. The predicted molar refractivity (Wildman–Crippen MR) is 102 cm³/mol. The van der Waals surface area contributed by atoms with Crippen LogP contribution in [-0.4, -0.2) is 32.3 Å². The highest BCUT2D eigenvalue weighted by Gasteiger charge is 2.22. The lowest BCUT2D eigenvalue weighted by Gasteiger charge is -2.13. The molecule has 0 heterocycles. The first-order chi connectivity index (χ1) is 12.4. The fourth-order valence-electron chi connectivity index (χ4n) is 1.90. The number of benzene rings is 1. The highest BCUT2D eigenvalue weighted by molar-refractivity contribution is 6.17. The van der Waals surface area contributed by atoms with Crippen LogP contribution in [0.4, 0.5) is 0 Å². The summed E-state index contributed by atoms with van der Waals surface area (Å²) in [6.45, 7) is 8.56. The topological polar surface area (TPSA) is 61.8 Å². The van der Waals surface area contributed by atoms with E-state index in [0.29, 0.717) is 11.3 Å². The van der Waals surface area contributed by atoms with E-state index in [1.165, 1.54) is 6.08 Å². The molecule has 1 rings (SSSR count). The Balaban J connectivity index is 2.96. The lowest BCUT2D eigenvalue weighted by molar-refractivity contribution is -0.148. The Morgan fingerprint density at radius 1 is 0.923 bits per heavy atom. The Labute approximate surface area is 156 Å². The van der Waals surface area contributed by atoms with Crippen LogP contribution >= 0.6 is 0 Å². The van der Waals surface area contributed by atoms with Crippen molar-refractivity contribution in [3.05, 3.63) is 35.4 Å². The molecule has 1 aromatic rings. The molecule has 0 radical (unpaired) electrons. The third-order valence-corrected chi connectivity index (χ3v) is 4.26. The van der Waals surface area contributed by atoms with Gasteiger partial charge in [-0.25, -0.2) is 9.59 Å². The van der Waals surface area contributed by atoms with Crippen LogP contribution in [0.3, 0.4) is 0 Å². The zero-order chi connectivity index (χ0) is 19.5. The van der Waals surface area contributed by atoms with Crippen molar-refractivity contribution in [3.8, 4) is 5.75 Å². The first-order valence-electron chi connectivity index (χ1n) is 9.11. The lowest BCUT2D eigenvalue weighted by atomic mass is 10.1. The van der Waals surface area contributed by atoms with Gasteiger partial charge in [0.2, 0.25) is 0 Å². The summed E-state index contributed by atoms with van der Waals surface area (Å²) >= 11 is 0. The van der Waals surface area contributed by atoms with Gasteiger partial charge in [0, 0.05) is 0 Å². The van der Waals surface area contributed by atoms with Gasteiger partial charge >= 0.3 is 11.9 Å². The van der Waals surface area contributed by atoms with E-state index in [1.807, 2.05) is 27.7 Å². The average molecular weight is 362 g/mol. The maximum atomic E-state index is 12.4. The van der Waals surface area contributed by atoms with Crippen LogP contribution in [0, 0.1) is 11.8 Å². The fourth-order valence-corrected chi connectivity index (χ4v) is 1.90. The summed E-state index contributed by atoms with van der Waals surface area (Å²) in [5, 5.41) is 0. The molecule has 26 heavy (non-hydrogen) atoms. The molecule has 0 fully saturated rings. The number of rotatable bonds is 10. The van der Waals surface area contributed by atoms with Crippen molar-refractivity contribution in [3.63, 3.8) is 0 Å². The number of hydrogen-bond acceptors (Lipinski definition) is 5. The zero-order valence-corrected chi connectivity index (χ0v) is 16.4. The molecule has 0 N–H and O–H groups in total. The smallest absolute Gasteiger partial charge is 0.345 e.